The van der Waals surface area contributed by atoms with E-state index in [9.17, 15) is 14.0 Å². The van der Waals surface area contributed by atoms with Crippen molar-refractivity contribution in [2.45, 2.75) is 64.0 Å². The largest absolute Gasteiger partial charge is 0.481 e. The SMILES string of the molecule is Cc1ccc(F)cc1Nc1nc2ccc(CC(=O)CSN3CCC[C@H]3CO[C@H]3CC[C@H](C(=O)O)CC3)c(F)c2o1. The first-order chi connectivity index (χ1) is 19.3. The molecule has 3 aromatic rings. The summed E-state index contributed by atoms with van der Waals surface area (Å²) in [7, 11) is 0. The van der Waals surface area contributed by atoms with Gasteiger partial charge in [-0.25, -0.2) is 13.1 Å². The van der Waals surface area contributed by atoms with E-state index in [1.54, 1.807) is 25.1 Å². The summed E-state index contributed by atoms with van der Waals surface area (Å²) in [6.07, 6.45) is 4.85. The summed E-state index contributed by atoms with van der Waals surface area (Å²) >= 11 is 1.45. The number of anilines is 2. The second-order valence-corrected chi connectivity index (χ2v) is 11.6. The van der Waals surface area contributed by atoms with E-state index in [1.165, 1.54) is 24.1 Å². The van der Waals surface area contributed by atoms with Gasteiger partial charge in [0.25, 0.3) is 6.01 Å². The van der Waals surface area contributed by atoms with Crippen LogP contribution in [0.15, 0.2) is 34.7 Å². The van der Waals surface area contributed by atoms with Crippen molar-refractivity contribution in [2.24, 2.45) is 5.92 Å². The topological polar surface area (TPSA) is 105 Å². The number of aliphatic carboxylic acids is 1. The van der Waals surface area contributed by atoms with Crippen molar-refractivity contribution in [3.05, 3.63) is 53.1 Å². The highest BCUT2D eigenvalue weighted by Gasteiger charge is 2.30. The van der Waals surface area contributed by atoms with Gasteiger partial charge < -0.3 is 19.6 Å². The maximum atomic E-state index is 15.2. The number of rotatable bonds is 11. The van der Waals surface area contributed by atoms with Crippen LogP contribution in [0.4, 0.5) is 20.5 Å². The first-order valence-corrected chi connectivity index (χ1v) is 14.6. The van der Waals surface area contributed by atoms with E-state index >= 15 is 4.39 Å². The molecule has 2 aromatic carbocycles. The Morgan fingerprint density at radius 2 is 1.98 bits per heavy atom. The Labute approximate surface area is 235 Å². The smallest absolute Gasteiger partial charge is 0.306 e. The van der Waals surface area contributed by atoms with Crippen LogP contribution < -0.4 is 5.32 Å². The van der Waals surface area contributed by atoms with Gasteiger partial charge in [0.05, 0.1) is 24.4 Å². The molecule has 2 N–H and O–H groups in total. The second kappa shape index (κ2) is 12.7. The monoisotopic (exact) mass is 573 g/mol. The summed E-state index contributed by atoms with van der Waals surface area (Å²) < 4.78 is 42.7. The summed E-state index contributed by atoms with van der Waals surface area (Å²) in [5.74, 6) is -1.91. The number of carbonyl (C=O) groups is 2. The van der Waals surface area contributed by atoms with Crippen molar-refractivity contribution < 1.29 is 32.6 Å². The number of carbonyl (C=O) groups excluding carboxylic acids is 1. The van der Waals surface area contributed by atoms with Gasteiger partial charge in [-0.3, -0.25) is 9.59 Å². The van der Waals surface area contributed by atoms with Crippen molar-refractivity contribution in [1.82, 2.24) is 9.29 Å². The van der Waals surface area contributed by atoms with Gasteiger partial charge in [-0.05, 0) is 74.8 Å². The van der Waals surface area contributed by atoms with Gasteiger partial charge >= 0.3 is 5.97 Å². The van der Waals surface area contributed by atoms with Gasteiger partial charge in [0.2, 0.25) is 0 Å². The third-order valence-electron chi connectivity index (χ3n) is 7.67. The number of hydrogen-bond acceptors (Lipinski definition) is 8. The van der Waals surface area contributed by atoms with Gasteiger partial charge in [0.15, 0.2) is 11.4 Å². The maximum absolute atomic E-state index is 15.2. The molecular weight excluding hydrogens is 540 g/mol. The average Bonchev–Trinajstić information content (AvgIpc) is 3.57. The molecule has 0 amide bonds. The fourth-order valence-corrected chi connectivity index (χ4v) is 6.37. The van der Waals surface area contributed by atoms with Crippen LogP contribution in [0.5, 0.6) is 0 Å². The second-order valence-electron chi connectivity index (χ2n) is 10.6. The number of fused-ring (bicyclic) bond motifs is 1. The number of Topliss-reactive ketones (excluding diaryl/α,β-unsaturated/α-hetero) is 1. The van der Waals surface area contributed by atoms with E-state index in [2.05, 4.69) is 14.6 Å². The fourth-order valence-electron chi connectivity index (χ4n) is 5.32. The Morgan fingerprint density at radius 3 is 2.75 bits per heavy atom. The molecular formula is C29H33F2N3O5S. The zero-order chi connectivity index (χ0) is 28.2. The molecule has 0 unspecified atom stereocenters. The summed E-state index contributed by atoms with van der Waals surface area (Å²) in [6, 6.07) is 7.68. The van der Waals surface area contributed by atoms with Crippen LogP contribution in [0.25, 0.3) is 11.1 Å². The number of halogens is 2. The summed E-state index contributed by atoms with van der Waals surface area (Å²) in [4.78, 5) is 28.2. The molecule has 1 atom stereocenters. The molecule has 1 saturated carbocycles. The standard InChI is InChI=1S/C29H33F2N3O5S/c1-17-4-8-20(30)14-25(17)33-29-32-24-11-7-19(26(31)27(24)39-29)13-22(35)16-40-34-12-2-3-21(34)15-38-23-9-5-18(6-10-23)28(36)37/h4,7-8,11,14,18,21,23H,2-3,5-6,9-10,12-13,15-16H2,1H3,(H,32,33)(H,36,37)/t18-,21-,23-/m0/s1. The minimum atomic E-state index is -0.722. The van der Waals surface area contributed by atoms with E-state index in [-0.39, 0.29) is 53.2 Å². The third-order valence-corrected chi connectivity index (χ3v) is 8.93. The molecule has 2 aliphatic rings. The lowest BCUT2D eigenvalue weighted by atomic mass is 9.87. The Balaban J connectivity index is 1.12. The van der Waals surface area contributed by atoms with Crippen LogP contribution in [0.1, 0.15) is 49.7 Å². The normalized spacial score (nSPS) is 21.6. The van der Waals surface area contributed by atoms with E-state index in [0.29, 0.717) is 30.7 Å². The van der Waals surface area contributed by atoms with Gasteiger partial charge in [-0.2, -0.15) is 4.98 Å². The number of carboxylic acids is 1. The molecule has 214 valence electrons. The van der Waals surface area contributed by atoms with E-state index in [0.717, 1.165) is 37.8 Å². The third kappa shape index (κ3) is 6.82. The van der Waals surface area contributed by atoms with E-state index in [4.69, 9.17) is 14.3 Å². The number of oxazole rings is 1. The first kappa shape index (κ1) is 28.5. The van der Waals surface area contributed by atoms with Crippen LogP contribution in [0.3, 0.4) is 0 Å². The van der Waals surface area contributed by atoms with Gasteiger partial charge in [0.1, 0.15) is 17.1 Å². The lowest BCUT2D eigenvalue weighted by Crippen LogP contribution is -2.33. The Kier molecular flexibility index (Phi) is 9.02. The highest BCUT2D eigenvalue weighted by Crippen LogP contribution is 2.31. The molecule has 1 aliphatic carbocycles. The molecule has 0 bridgehead atoms. The van der Waals surface area contributed by atoms with Crippen LogP contribution >= 0.6 is 11.9 Å². The average molecular weight is 574 g/mol. The molecule has 1 aromatic heterocycles. The molecule has 1 saturated heterocycles. The van der Waals surface area contributed by atoms with Crippen molar-refractivity contribution in [3.63, 3.8) is 0 Å². The highest BCUT2D eigenvalue weighted by atomic mass is 32.2. The molecule has 2 heterocycles. The number of benzene rings is 2. The number of carboxylic acid groups (broad SMARTS) is 1. The number of ketones is 1. The molecule has 1 aliphatic heterocycles. The van der Waals surface area contributed by atoms with Crippen molar-refractivity contribution in [3.8, 4) is 0 Å². The van der Waals surface area contributed by atoms with Crippen molar-refractivity contribution in [1.29, 1.82) is 0 Å². The summed E-state index contributed by atoms with van der Waals surface area (Å²) in [6.45, 7) is 3.22. The first-order valence-electron chi connectivity index (χ1n) is 13.6. The molecule has 11 heteroatoms. The summed E-state index contributed by atoms with van der Waals surface area (Å²) in [5, 5.41) is 12.1. The molecule has 0 radical (unpaired) electrons. The Bertz CT molecular complexity index is 1380. The van der Waals surface area contributed by atoms with Crippen LogP contribution in [0, 0.1) is 24.5 Å². The molecule has 40 heavy (non-hydrogen) atoms. The lowest BCUT2D eigenvalue weighted by molar-refractivity contribution is -0.143. The van der Waals surface area contributed by atoms with Gasteiger partial charge in [-0.1, -0.05) is 24.1 Å². The minimum Gasteiger partial charge on any atom is -0.481 e. The minimum absolute atomic E-state index is 0.0406. The van der Waals surface area contributed by atoms with Gasteiger partial charge in [0, 0.05) is 24.7 Å². The number of aryl methyl sites for hydroxylation is 1. The molecule has 5 rings (SSSR count). The van der Waals surface area contributed by atoms with Crippen molar-refractivity contribution in [2.75, 3.05) is 24.2 Å². The maximum Gasteiger partial charge on any atom is 0.306 e. The predicted molar refractivity (Wildman–Crippen MR) is 149 cm³/mol. The van der Waals surface area contributed by atoms with Crippen LogP contribution in [0.2, 0.25) is 0 Å². The van der Waals surface area contributed by atoms with Gasteiger partial charge in [-0.15, -0.1) is 0 Å². The molecule has 2 fully saturated rings. The number of nitrogens with zero attached hydrogens (tertiary/aromatic N) is 2. The zero-order valence-electron chi connectivity index (χ0n) is 22.3. The molecule has 8 nitrogen and oxygen atoms in total. The number of hydrogen-bond donors (Lipinski definition) is 2. The highest BCUT2D eigenvalue weighted by molar-refractivity contribution is 7.97. The quantitative estimate of drug-likeness (QED) is 0.266. The fraction of sp³-hybridized carbons (Fsp3) is 0.483. The predicted octanol–water partition coefficient (Wildman–Crippen LogP) is 6.04. The number of aromatic nitrogens is 1. The lowest BCUT2D eigenvalue weighted by Gasteiger charge is -2.29. The Morgan fingerprint density at radius 1 is 1.18 bits per heavy atom. The Hall–Kier alpha value is -3.02. The van der Waals surface area contributed by atoms with E-state index < -0.39 is 17.6 Å². The van der Waals surface area contributed by atoms with Crippen LogP contribution in [-0.2, 0) is 20.7 Å². The van der Waals surface area contributed by atoms with Crippen molar-refractivity contribution >= 4 is 46.5 Å². The number of nitrogens with one attached hydrogen (secondary N) is 1. The zero-order valence-corrected chi connectivity index (χ0v) is 23.1. The summed E-state index contributed by atoms with van der Waals surface area (Å²) in [5.41, 5.74) is 1.74. The van der Waals surface area contributed by atoms with E-state index in [1.807, 2.05) is 0 Å². The number of ether oxygens (including phenoxy) is 1. The van der Waals surface area contributed by atoms with Crippen LogP contribution in [-0.4, -0.2) is 57.2 Å². The molecule has 0 spiro atoms.